The van der Waals surface area contributed by atoms with Gasteiger partial charge in [-0.3, -0.25) is 0 Å². The van der Waals surface area contributed by atoms with Crippen LogP contribution in [0.4, 0.5) is 0 Å². The predicted molar refractivity (Wildman–Crippen MR) is 85.5 cm³/mol. The molecular weight excluding hydrogens is 232 g/mol. The van der Waals surface area contributed by atoms with E-state index in [1.54, 1.807) is 0 Å². The van der Waals surface area contributed by atoms with Crippen LogP contribution in [-0.4, -0.2) is 37.6 Å². The van der Waals surface area contributed by atoms with Gasteiger partial charge in [0.1, 0.15) is 0 Å². The van der Waals surface area contributed by atoms with Gasteiger partial charge in [-0.25, -0.2) is 0 Å². The van der Waals surface area contributed by atoms with E-state index in [2.05, 4.69) is 51.9 Å². The van der Waals surface area contributed by atoms with Gasteiger partial charge in [0, 0.05) is 12.6 Å². The molecule has 114 valence electrons. The van der Waals surface area contributed by atoms with E-state index in [0.29, 0.717) is 11.5 Å². The molecule has 0 heterocycles. The molecule has 0 aromatic rings. The van der Waals surface area contributed by atoms with Crippen LogP contribution in [0.1, 0.15) is 60.3 Å². The van der Waals surface area contributed by atoms with Crippen molar-refractivity contribution in [3.8, 4) is 0 Å². The van der Waals surface area contributed by atoms with Crippen LogP contribution in [0.3, 0.4) is 0 Å². The quantitative estimate of drug-likeness (QED) is 0.721. The first-order valence-electron chi connectivity index (χ1n) is 8.28. The molecule has 19 heavy (non-hydrogen) atoms. The third kappa shape index (κ3) is 5.43. The summed E-state index contributed by atoms with van der Waals surface area (Å²) >= 11 is 0. The Morgan fingerprint density at radius 1 is 1.32 bits per heavy atom. The summed E-state index contributed by atoms with van der Waals surface area (Å²) < 4.78 is 0. The molecule has 0 aliphatic heterocycles. The predicted octanol–water partition coefficient (Wildman–Crippen LogP) is 3.77. The zero-order valence-electron chi connectivity index (χ0n) is 14.1. The first kappa shape index (κ1) is 17.0. The molecule has 0 aromatic heterocycles. The molecule has 1 rings (SSSR count). The van der Waals surface area contributed by atoms with E-state index in [-0.39, 0.29) is 0 Å². The van der Waals surface area contributed by atoms with Crippen LogP contribution in [0.2, 0.25) is 0 Å². The Bertz CT molecular complexity index is 248. The second-order valence-electron chi connectivity index (χ2n) is 7.66. The van der Waals surface area contributed by atoms with Crippen molar-refractivity contribution in [1.82, 2.24) is 10.2 Å². The monoisotopic (exact) mass is 268 g/mol. The second kappa shape index (κ2) is 7.64. The third-order valence-electron chi connectivity index (χ3n) is 4.72. The number of hydrogen-bond donors (Lipinski definition) is 1. The standard InChI is InChI=1S/C17H36N2/c1-7-11-18-16-15(8-10-17(16,4)5)13-19(6)12-9-14(2)3/h14-16,18H,7-13H2,1-6H3. The van der Waals surface area contributed by atoms with Gasteiger partial charge < -0.3 is 10.2 Å². The van der Waals surface area contributed by atoms with Gasteiger partial charge in [0.25, 0.3) is 0 Å². The highest BCUT2D eigenvalue weighted by molar-refractivity contribution is 4.96. The molecular formula is C17H36N2. The lowest BCUT2D eigenvalue weighted by molar-refractivity contribution is 0.199. The maximum atomic E-state index is 3.82. The third-order valence-corrected chi connectivity index (χ3v) is 4.72. The molecule has 0 bridgehead atoms. The summed E-state index contributed by atoms with van der Waals surface area (Å²) in [4.78, 5) is 2.55. The Morgan fingerprint density at radius 2 is 2.00 bits per heavy atom. The van der Waals surface area contributed by atoms with Gasteiger partial charge in [-0.05, 0) is 63.1 Å². The van der Waals surface area contributed by atoms with Crippen molar-refractivity contribution >= 4 is 0 Å². The molecule has 2 atom stereocenters. The van der Waals surface area contributed by atoms with Crippen molar-refractivity contribution in [2.75, 3.05) is 26.7 Å². The fraction of sp³-hybridized carbons (Fsp3) is 1.00. The second-order valence-corrected chi connectivity index (χ2v) is 7.66. The van der Waals surface area contributed by atoms with Gasteiger partial charge in [0.05, 0.1) is 0 Å². The number of nitrogens with one attached hydrogen (secondary N) is 1. The first-order valence-corrected chi connectivity index (χ1v) is 8.28. The lowest BCUT2D eigenvalue weighted by Crippen LogP contribution is -2.45. The van der Waals surface area contributed by atoms with Crippen LogP contribution in [0.25, 0.3) is 0 Å². The van der Waals surface area contributed by atoms with E-state index in [0.717, 1.165) is 11.8 Å². The van der Waals surface area contributed by atoms with Gasteiger partial charge in [0.2, 0.25) is 0 Å². The molecule has 2 heteroatoms. The summed E-state index contributed by atoms with van der Waals surface area (Å²) in [5.41, 5.74) is 0.471. The summed E-state index contributed by atoms with van der Waals surface area (Å²) in [6.07, 6.45) is 5.32. The molecule has 2 unspecified atom stereocenters. The molecule has 2 nitrogen and oxygen atoms in total. The minimum Gasteiger partial charge on any atom is -0.313 e. The van der Waals surface area contributed by atoms with E-state index in [1.165, 1.54) is 45.3 Å². The van der Waals surface area contributed by atoms with Crippen LogP contribution in [0, 0.1) is 17.3 Å². The van der Waals surface area contributed by atoms with Crippen LogP contribution < -0.4 is 5.32 Å². The Balaban J connectivity index is 2.46. The average Bonchev–Trinajstić information content (AvgIpc) is 2.59. The van der Waals surface area contributed by atoms with Gasteiger partial charge in [0.15, 0.2) is 0 Å². The highest BCUT2D eigenvalue weighted by Gasteiger charge is 2.41. The molecule has 0 spiro atoms. The molecule has 1 aliphatic carbocycles. The fourth-order valence-corrected chi connectivity index (χ4v) is 3.43. The maximum Gasteiger partial charge on any atom is 0.0159 e. The highest BCUT2D eigenvalue weighted by atomic mass is 15.1. The lowest BCUT2D eigenvalue weighted by Gasteiger charge is -2.33. The number of rotatable bonds is 8. The molecule has 0 amide bonds. The van der Waals surface area contributed by atoms with Crippen molar-refractivity contribution < 1.29 is 0 Å². The molecule has 0 saturated heterocycles. The highest BCUT2D eigenvalue weighted by Crippen LogP contribution is 2.41. The molecule has 0 aromatic carbocycles. The summed E-state index contributed by atoms with van der Waals surface area (Å²) in [6.45, 7) is 15.4. The van der Waals surface area contributed by atoms with Gasteiger partial charge in [-0.15, -0.1) is 0 Å². The van der Waals surface area contributed by atoms with Gasteiger partial charge in [-0.2, -0.15) is 0 Å². The van der Waals surface area contributed by atoms with E-state index < -0.39 is 0 Å². The maximum absolute atomic E-state index is 3.82. The Morgan fingerprint density at radius 3 is 2.58 bits per heavy atom. The molecule has 1 fully saturated rings. The van der Waals surface area contributed by atoms with Gasteiger partial charge in [-0.1, -0.05) is 34.6 Å². The van der Waals surface area contributed by atoms with Crippen molar-refractivity contribution in [2.45, 2.75) is 66.3 Å². The zero-order chi connectivity index (χ0) is 14.5. The Hall–Kier alpha value is -0.0800. The first-order chi connectivity index (χ1) is 8.86. The van der Waals surface area contributed by atoms with Crippen molar-refractivity contribution in [3.05, 3.63) is 0 Å². The summed E-state index contributed by atoms with van der Waals surface area (Å²) in [6, 6.07) is 0.703. The average molecular weight is 268 g/mol. The summed E-state index contributed by atoms with van der Waals surface area (Å²) in [5, 5.41) is 3.82. The largest absolute Gasteiger partial charge is 0.313 e. The van der Waals surface area contributed by atoms with E-state index in [4.69, 9.17) is 0 Å². The minimum atomic E-state index is 0.471. The molecule has 1 N–H and O–H groups in total. The topological polar surface area (TPSA) is 15.3 Å². The summed E-state index contributed by atoms with van der Waals surface area (Å²) in [7, 11) is 2.30. The van der Waals surface area contributed by atoms with Crippen molar-refractivity contribution in [2.24, 2.45) is 17.3 Å². The van der Waals surface area contributed by atoms with Crippen LogP contribution in [-0.2, 0) is 0 Å². The smallest absolute Gasteiger partial charge is 0.0159 e. The van der Waals surface area contributed by atoms with Crippen LogP contribution >= 0.6 is 0 Å². The molecule has 0 radical (unpaired) electrons. The van der Waals surface area contributed by atoms with Crippen molar-refractivity contribution in [1.29, 1.82) is 0 Å². The number of nitrogens with zero attached hydrogens (tertiary/aromatic N) is 1. The Labute approximate surface area is 121 Å². The van der Waals surface area contributed by atoms with Crippen LogP contribution in [0.5, 0.6) is 0 Å². The van der Waals surface area contributed by atoms with E-state index >= 15 is 0 Å². The molecule has 1 saturated carbocycles. The zero-order valence-corrected chi connectivity index (χ0v) is 14.1. The molecule has 1 aliphatic rings. The fourth-order valence-electron chi connectivity index (χ4n) is 3.43. The van der Waals surface area contributed by atoms with E-state index in [1.807, 2.05) is 0 Å². The van der Waals surface area contributed by atoms with Crippen molar-refractivity contribution in [3.63, 3.8) is 0 Å². The summed E-state index contributed by atoms with van der Waals surface area (Å²) in [5.74, 6) is 1.65. The van der Waals surface area contributed by atoms with Gasteiger partial charge >= 0.3 is 0 Å². The lowest BCUT2D eigenvalue weighted by atomic mass is 9.84. The SMILES string of the molecule is CCCNC1C(CN(C)CCC(C)C)CCC1(C)C. The minimum absolute atomic E-state index is 0.471. The normalized spacial score (nSPS) is 26.5. The van der Waals surface area contributed by atoms with Crippen LogP contribution in [0.15, 0.2) is 0 Å². The Kier molecular flexibility index (Phi) is 6.82. The van der Waals surface area contributed by atoms with E-state index in [9.17, 15) is 0 Å². The number of hydrogen-bond acceptors (Lipinski definition) is 2.